The van der Waals surface area contributed by atoms with Crippen molar-refractivity contribution >= 4 is 11.7 Å². The fraction of sp³-hybridized carbons (Fsp3) is 0.571. The summed E-state index contributed by atoms with van der Waals surface area (Å²) in [6.45, 7) is 12.2. The zero-order valence-corrected chi connectivity index (χ0v) is 17.1. The molecule has 0 spiro atoms. The number of piperidine rings is 1. The molecule has 1 N–H and O–H groups in total. The van der Waals surface area contributed by atoms with Crippen molar-refractivity contribution in [2.24, 2.45) is 0 Å². The molecule has 2 amide bonds. The van der Waals surface area contributed by atoms with E-state index in [-0.39, 0.29) is 11.4 Å². The van der Waals surface area contributed by atoms with Gasteiger partial charge in [0.15, 0.2) is 0 Å². The molecule has 0 atom stereocenters. The number of carbonyl (C=O) groups excluding carboxylic acids is 1. The van der Waals surface area contributed by atoms with Crippen molar-refractivity contribution in [3.63, 3.8) is 0 Å². The van der Waals surface area contributed by atoms with Gasteiger partial charge in [-0.2, -0.15) is 0 Å². The number of anilines is 1. The van der Waals surface area contributed by atoms with E-state index in [0.717, 1.165) is 42.9 Å². The molecule has 0 bridgehead atoms. The van der Waals surface area contributed by atoms with Gasteiger partial charge >= 0.3 is 6.03 Å². The van der Waals surface area contributed by atoms with Gasteiger partial charge in [0.05, 0.1) is 11.7 Å². The number of carbonyl (C=O) groups is 1. The van der Waals surface area contributed by atoms with Crippen LogP contribution in [0.3, 0.4) is 0 Å². The number of hydrogen-bond acceptors (Lipinski definition) is 3. The first-order valence-corrected chi connectivity index (χ1v) is 9.83. The number of likely N-dealkylation sites (tertiary alicyclic amines) is 1. The lowest BCUT2D eigenvalue weighted by molar-refractivity contribution is 0.179. The van der Waals surface area contributed by atoms with Gasteiger partial charge in [-0.3, -0.25) is 0 Å². The normalized spacial score (nSPS) is 16.0. The van der Waals surface area contributed by atoms with Crippen LogP contribution in [0.1, 0.15) is 70.7 Å². The lowest BCUT2D eigenvalue weighted by Gasteiger charge is -2.32. The van der Waals surface area contributed by atoms with E-state index in [1.54, 1.807) is 0 Å². The second-order valence-corrected chi connectivity index (χ2v) is 8.72. The van der Waals surface area contributed by atoms with Crippen LogP contribution < -0.4 is 5.32 Å². The molecule has 2 aromatic rings. The Balaban J connectivity index is 1.59. The fourth-order valence-corrected chi connectivity index (χ4v) is 3.44. The molecular weight excluding hydrogens is 338 g/mol. The minimum absolute atomic E-state index is 0.00262. The van der Waals surface area contributed by atoms with Crippen LogP contribution >= 0.6 is 0 Å². The Bertz CT molecular complexity index is 782. The van der Waals surface area contributed by atoms with Crippen molar-refractivity contribution in [2.45, 2.75) is 64.8 Å². The predicted molar refractivity (Wildman–Crippen MR) is 108 cm³/mol. The van der Waals surface area contributed by atoms with Crippen LogP contribution in [0.15, 0.2) is 30.5 Å². The molecule has 146 valence electrons. The van der Waals surface area contributed by atoms with Gasteiger partial charge in [-0.1, -0.05) is 58.0 Å². The molecule has 1 aromatic heterocycles. The third-order valence-electron chi connectivity index (χ3n) is 5.23. The van der Waals surface area contributed by atoms with E-state index < -0.39 is 0 Å². The molecule has 6 nitrogen and oxygen atoms in total. The molecular formula is C21H31N5O. The Morgan fingerprint density at radius 1 is 1.19 bits per heavy atom. The molecule has 0 saturated carbocycles. The van der Waals surface area contributed by atoms with E-state index in [1.165, 1.54) is 0 Å². The summed E-state index contributed by atoms with van der Waals surface area (Å²) in [6.07, 6.45) is 3.84. The molecule has 1 fully saturated rings. The maximum absolute atomic E-state index is 12.7. The summed E-state index contributed by atoms with van der Waals surface area (Å²) in [6, 6.07) is 8.32. The maximum Gasteiger partial charge on any atom is 0.321 e. The van der Waals surface area contributed by atoms with Crippen molar-refractivity contribution in [1.82, 2.24) is 19.9 Å². The largest absolute Gasteiger partial charge is 0.324 e. The Morgan fingerprint density at radius 3 is 2.44 bits per heavy atom. The Morgan fingerprint density at radius 2 is 1.85 bits per heavy atom. The van der Waals surface area contributed by atoms with Crippen LogP contribution in [-0.2, 0) is 5.41 Å². The molecule has 2 heterocycles. The lowest BCUT2D eigenvalue weighted by atomic mass is 9.93. The number of amides is 2. The van der Waals surface area contributed by atoms with Gasteiger partial charge in [0.1, 0.15) is 0 Å². The zero-order valence-electron chi connectivity index (χ0n) is 17.1. The highest BCUT2D eigenvalue weighted by molar-refractivity contribution is 5.90. The molecule has 6 heteroatoms. The van der Waals surface area contributed by atoms with Crippen LogP contribution in [0.5, 0.6) is 0 Å². The highest BCUT2D eigenvalue weighted by Crippen LogP contribution is 2.27. The SMILES string of the molecule is CC(C)c1ccccc1NC(=O)N1CCC(n2cc(C(C)(C)C)nn2)CC1. The third-order valence-corrected chi connectivity index (χ3v) is 5.23. The molecule has 0 radical (unpaired) electrons. The summed E-state index contributed by atoms with van der Waals surface area (Å²) in [7, 11) is 0. The Hall–Kier alpha value is -2.37. The fourth-order valence-electron chi connectivity index (χ4n) is 3.44. The molecule has 1 aliphatic heterocycles. The van der Waals surface area contributed by atoms with E-state index >= 15 is 0 Å². The molecule has 0 aliphatic carbocycles. The van der Waals surface area contributed by atoms with Crippen molar-refractivity contribution < 1.29 is 4.79 Å². The van der Waals surface area contributed by atoms with Gasteiger partial charge in [0, 0.05) is 30.4 Å². The van der Waals surface area contributed by atoms with E-state index in [9.17, 15) is 4.79 Å². The van der Waals surface area contributed by atoms with Gasteiger partial charge < -0.3 is 10.2 Å². The van der Waals surface area contributed by atoms with Crippen LogP contribution in [-0.4, -0.2) is 39.0 Å². The molecule has 0 unspecified atom stereocenters. The van der Waals surface area contributed by atoms with E-state index in [2.05, 4.69) is 62.5 Å². The first kappa shape index (κ1) is 19.4. The number of benzene rings is 1. The molecule has 27 heavy (non-hydrogen) atoms. The summed E-state index contributed by atoms with van der Waals surface area (Å²) in [5.41, 5.74) is 3.08. The van der Waals surface area contributed by atoms with E-state index in [4.69, 9.17) is 0 Å². The number of aromatic nitrogens is 3. The summed E-state index contributed by atoms with van der Waals surface area (Å²) < 4.78 is 1.98. The summed E-state index contributed by atoms with van der Waals surface area (Å²) in [4.78, 5) is 14.6. The Labute approximate surface area is 161 Å². The molecule has 1 aliphatic rings. The number of nitrogens with one attached hydrogen (secondary N) is 1. The van der Waals surface area contributed by atoms with E-state index in [0.29, 0.717) is 12.0 Å². The average Bonchev–Trinajstić information content (AvgIpc) is 3.12. The first-order valence-electron chi connectivity index (χ1n) is 9.83. The summed E-state index contributed by atoms with van der Waals surface area (Å²) >= 11 is 0. The quantitative estimate of drug-likeness (QED) is 0.862. The second-order valence-electron chi connectivity index (χ2n) is 8.72. The van der Waals surface area contributed by atoms with Gasteiger partial charge in [-0.25, -0.2) is 9.48 Å². The van der Waals surface area contributed by atoms with Crippen LogP contribution in [0, 0.1) is 0 Å². The minimum Gasteiger partial charge on any atom is -0.324 e. The Kier molecular flexibility index (Phi) is 5.53. The van der Waals surface area contributed by atoms with Crippen LogP contribution in [0.4, 0.5) is 10.5 Å². The minimum atomic E-state index is -0.0180. The van der Waals surface area contributed by atoms with Gasteiger partial charge in [-0.05, 0) is 30.4 Å². The molecule has 1 saturated heterocycles. The zero-order chi connectivity index (χ0) is 19.6. The smallest absolute Gasteiger partial charge is 0.321 e. The monoisotopic (exact) mass is 369 g/mol. The number of hydrogen-bond donors (Lipinski definition) is 1. The number of nitrogens with zero attached hydrogens (tertiary/aromatic N) is 4. The van der Waals surface area contributed by atoms with Gasteiger partial charge in [0.2, 0.25) is 0 Å². The molecule has 3 rings (SSSR count). The maximum atomic E-state index is 12.7. The highest BCUT2D eigenvalue weighted by atomic mass is 16.2. The average molecular weight is 370 g/mol. The van der Waals surface area contributed by atoms with Crippen molar-refractivity contribution in [2.75, 3.05) is 18.4 Å². The van der Waals surface area contributed by atoms with Crippen molar-refractivity contribution in [3.05, 3.63) is 41.7 Å². The van der Waals surface area contributed by atoms with Gasteiger partial charge in [-0.15, -0.1) is 5.10 Å². The van der Waals surface area contributed by atoms with Crippen molar-refractivity contribution in [3.8, 4) is 0 Å². The lowest BCUT2D eigenvalue weighted by Crippen LogP contribution is -2.41. The first-order chi connectivity index (χ1) is 12.8. The van der Waals surface area contributed by atoms with Crippen LogP contribution in [0.2, 0.25) is 0 Å². The topological polar surface area (TPSA) is 63.1 Å². The summed E-state index contributed by atoms with van der Waals surface area (Å²) in [5.74, 6) is 0.372. The third kappa shape index (κ3) is 4.49. The number of rotatable bonds is 3. The van der Waals surface area contributed by atoms with E-state index in [1.807, 2.05) is 27.8 Å². The second kappa shape index (κ2) is 7.71. The number of urea groups is 1. The van der Waals surface area contributed by atoms with Crippen LogP contribution in [0.25, 0.3) is 0 Å². The molecule has 1 aromatic carbocycles. The number of para-hydroxylation sites is 1. The predicted octanol–water partition coefficient (Wildman–Crippen LogP) is 4.57. The summed E-state index contributed by atoms with van der Waals surface area (Å²) in [5, 5.41) is 11.7. The highest BCUT2D eigenvalue weighted by Gasteiger charge is 2.26. The van der Waals surface area contributed by atoms with Crippen molar-refractivity contribution in [1.29, 1.82) is 0 Å². The standard InChI is InChI=1S/C21H31N5O/c1-15(2)17-8-6-7-9-18(17)22-20(27)25-12-10-16(11-13-25)26-14-19(23-24-26)21(3,4)5/h6-9,14-16H,10-13H2,1-5H3,(H,22,27). The van der Waals surface area contributed by atoms with Gasteiger partial charge in [0.25, 0.3) is 0 Å².